The molecule has 2 unspecified atom stereocenters. The molecule has 0 bridgehead atoms. The Morgan fingerprint density at radius 3 is 2.14 bits per heavy atom. The Labute approximate surface area is 204 Å². The largest absolute Gasteiger partial charge is 0.390 e. The lowest BCUT2D eigenvalue weighted by Crippen LogP contribution is -2.48. The van der Waals surface area contributed by atoms with Crippen LogP contribution in [0.5, 0.6) is 0 Å². The average Bonchev–Trinajstić information content (AvgIpc) is 2.83. The van der Waals surface area contributed by atoms with Gasteiger partial charge in [-0.3, -0.25) is 9.59 Å². The number of carbonyl (C=O) groups is 2. The van der Waals surface area contributed by atoms with E-state index in [1.165, 1.54) is 36.8 Å². The summed E-state index contributed by atoms with van der Waals surface area (Å²) in [6.45, 7) is 4.19. The normalized spacial score (nSPS) is 12.7. The highest BCUT2D eigenvalue weighted by Gasteiger charge is 2.23. The molecule has 0 aliphatic heterocycles. The predicted octanol–water partition coefficient (Wildman–Crippen LogP) is 4.22. The smallest absolute Gasteiger partial charge is 0.251 e. The van der Waals surface area contributed by atoms with E-state index in [1.54, 1.807) is 12.1 Å². The molecule has 0 aromatic heterocycles. The van der Waals surface area contributed by atoms with Gasteiger partial charge in [0, 0.05) is 30.3 Å². The number of carbonyl (C=O) groups excluding carboxylic acids is 2. The Morgan fingerprint density at radius 1 is 0.886 bits per heavy atom. The average molecular weight is 481 g/mol. The fourth-order valence-electron chi connectivity index (χ4n) is 3.84. The SMILES string of the molecule is CCc1cccc(CNCC(O)C(Cc2cc(F)cc(F)c2)NC(=O)c2ccc(C(C)=O)cc2)c1. The van der Waals surface area contributed by atoms with Crippen LogP contribution in [-0.4, -0.2) is 35.5 Å². The van der Waals surface area contributed by atoms with Crippen molar-refractivity contribution in [2.75, 3.05) is 6.54 Å². The zero-order valence-corrected chi connectivity index (χ0v) is 19.9. The van der Waals surface area contributed by atoms with E-state index in [0.717, 1.165) is 18.1 Å². The standard InChI is InChI=1S/C28H30F2N2O3/c1-3-19-5-4-6-20(11-19)16-31-17-27(34)26(14-21-12-24(29)15-25(30)13-21)32-28(35)23-9-7-22(8-10-23)18(2)33/h4-13,15,26-27,31,34H,3,14,16-17H2,1-2H3,(H,32,35). The van der Waals surface area contributed by atoms with Crippen LogP contribution in [0.1, 0.15) is 51.3 Å². The van der Waals surface area contributed by atoms with Crippen molar-refractivity contribution in [3.8, 4) is 0 Å². The molecule has 0 spiro atoms. The molecule has 0 heterocycles. The summed E-state index contributed by atoms with van der Waals surface area (Å²) in [5.74, 6) is -2.03. The molecule has 0 saturated carbocycles. The summed E-state index contributed by atoms with van der Waals surface area (Å²) in [4.78, 5) is 24.3. The van der Waals surface area contributed by atoms with E-state index in [2.05, 4.69) is 23.6 Å². The highest BCUT2D eigenvalue weighted by atomic mass is 19.1. The summed E-state index contributed by atoms with van der Waals surface area (Å²) in [5, 5.41) is 16.9. The molecule has 0 aliphatic rings. The van der Waals surface area contributed by atoms with E-state index in [-0.39, 0.29) is 18.7 Å². The molecule has 7 heteroatoms. The van der Waals surface area contributed by atoms with Gasteiger partial charge in [0.2, 0.25) is 0 Å². The summed E-state index contributed by atoms with van der Waals surface area (Å²) in [7, 11) is 0. The molecule has 35 heavy (non-hydrogen) atoms. The van der Waals surface area contributed by atoms with Gasteiger partial charge in [-0.1, -0.05) is 43.3 Å². The quantitative estimate of drug-likeness (QED) is 0.359. The van der Waals surface area contributed by atoms with Gasteiger partial charge >= 0.3 is 0 Å². The number of rotatable bonds is 11. The topological polar surface area (TPSA) is 78.4 Å². The molecular formula is C28H30F2N2O3. The number of hydrogen-bond acceptors (Lipinski definition) is 4. The van der Waals surface area contributed by atoms with Gasteiger partial charge in [0.05, 0.1) is 12.1 Å². The number of ketones is 1. The number of Topliss-reactive ketones (excluding diaryl/α,β-unsaturated/α-hetero) is 1. The number of hydrogen-bond donors (Lipinski definition) is 3. The number of halogens is 2. The minimum absolute atomic E-state index is 0.0279. The van der Waals surface area contributed by atoms with Crippen LogP contribution >= 0.6 is 0 Å². The summed E-state index contributed by atoms with van der Waals surface area (Å²) in [5.41, 5.74) is 3.37. The first-order valence-electron chi connectivity index (χ1n) is 11.6. The van der Waals surface area contributed by atoms with Crippen molar-refractivity contribution in [1.82, 2.24) is 10.6 Å². The number of aliphatic hydroxyl groups is 1. The second kappa shape index (κ2) is 12.3. The van der Waals surface area contributed by atoms with Gasteiger partial charge in [0.25, 0.3) is 5.91 Å². The molecule has 0 saturated heterocycles. The number of amides is 1. The van der Waals surface area contributed by atoms with Crippen LogP contribution in [-0.2, 0) is 19.4 Å². The fourth-order valence-corrected chi connectivity index (χ4v) is 3.84. The van der Waals surface area contributed by atoms with Crippen LogP contribution in [0.15, 0.2) is 66.7 Å². The second-order valence-electron chi connectivity index (χ2n) is 8.57. The predicted molar refractivity (Wildman–Crippen MR) is 131 cm³/mol. The molecule has 5 nitrogen and oxygen atoms in total. The minimum Gasteiger partial charge on any atom is -0.390 e. The molecule has 0 aliphatic carbocycles. The van der Waals surface area contributed by atoms with Crippen molar-refractivity contribution in [2.45, 2.75) is 45.4 Å². The number of aliphatic hydroxyl groups excluding tert-OH is 1. The lowest BCUT2D eigenvalue weighted by Gasteiger charge is -2.25. The zero-order valence-electron chi connectivity index (χ0n) is 19.9. The lowest BCUT2D eigenvalue weighted by molar-refractivity contribution is 0.0829. The van der Waals surface area contributed by atoms with Gasteiger partial charge in [-0.15, -0.1) is 0 Å². The maximum atomic E-state index is 13.7. The molecule has 0 radical (unpaired) electrons. The van der Waals surface area contributed by atoms with E-state index in [0.29, 0.717) is 23.2 Å². The molecule has 1 amide bonds. The van der Waals surface area contributed by atoms with E-state index >= 15 is 0 Å². The lowest BCUT2D eigenvalue weighted by atomic mass is 9.99. The highest BCUT2D eigenvalue weighted by Crippen LogP contribution is 2.13. The molecule has 3 N–H and O–H groups in total. The fraction of sp³-hybridized carbons (Fsp3) is 0.286. The van der Waals surface area contributed by atoms with Crippen molar-refractivity contribution in [1.29, 1.82) is 0 Å². The van der Waals surface area contributed by atoms with Gasteiger partial charge in [0.1, 0.15) is 11.6 Å². The Kier molecular flexibility index (Phi) is 9.23. The number of aryl methyl sites for hydroxylation is 1. The molecule has 3 rings (SSSR count). The van der Waals surface area contributed by atoms with Crippen molar-refractivity contribution in [3.63, 3.8) is 0 Å². The molecule has 184 valence electrons. The Hall–Kier alpha value is -3.42. The van der Waals surface area contributed by atoms with Crippen LogP contribution in [0.2, 0.25) is 0 Å². The molecule has 3 aromatic rings. The van der Waals surface area contributed by atoms with Crippen LogP contribution in [0, 0.1) is 11.6 Å². The van der Waals surface area contributed by atoms with Crippen LogP contribution < -0.4 is 10.6 Å². The maximum Gasteiger partial charge on any atom is 0.251 e. The first-order chi connectivity index (χ1) is 16.7. The molecular weight excluding hydrogens is 450 g/mol. The zero-order chi connectivity index (χ0) is 25.4. The molecule has 2 atom stereocenters. The van der Waals surface area contributed by atoms with E-state index in [9.17, 15) is 23.5 Å². The van der Waals surface area contributed by atoms with Gasteiger partial charge in [-0.05, 0) is 60.7 Å². The van der Waals surface area contributed by atoms with Crippen molar-refractivity contribution in [2.24, 2.45) is 0 Å². The first-order valence-corrected chi connectivity index (χ1v) is 11.6. The minimum atomic E-state index is -1.03. The highest BCUT2D eigenvalue weighted by molar-refractivity contribution is 5.97. The van der Waals surface area contributed by atoms with Gasteiger partial charge < -0.3 is 15.7 Å². The summed E-state index contributed by atoms with van der Waals surface area (Å²) in [6, 6.07) is 16.6. The summed E-state index contributed by atoms with van der Waals surface area (Å²) < 4.78 is 27.5. The summed E-state index contributed by atoms with van der Waals surface area (Å²) in [6.07, 6.45) is -0.0847. The summed E-state index contributed by atoms with van der Waals surface area (Å²) >= 11 is 0. The van der Waals surface area contributed by atoms with Crippen molar-refractivity contribution >= 4 is 11.7 Å². The Bertz CT molecular complexity index is 1140. The van der Waals surface area contributed by atoms with Crippen LogP contribution in [0.3, 0.4) is 0 Å². The van der Waals surface area contributed by atoms with E-state index in [1.807, 2.05) is 18.2 Å². The Morgan fingerprint density at radius 2 is 1.51 bits per heavy atom. The third-order valence-electron chi connectivity index (χ3n) is 5.79. The van der Waals surface area contributed by atoms with E-state index in [4.69, 9.17) is 0 Å². The second-order valence-corrected chi connectivity index (χ2v) is 8.57. The molecule has 0 fully saturated rings. The third kappa shape index (κ3) is 7.80. The van der Waals surface area contributed by atoms with Crippen molar-refractivity contribution in [3.05, 3.63) is 106 Å². The Balaban J connectivity index is 1.71. The first kappa shape index (κ1) is 26.2. The van der Waals surface area contributed by atoms with Gasteiger partial charge in [-0.25, -0.2) is 8.78 Å². The third-order valence-corrected chi connectivity index (χ3v) is 5.79. The maximum absolute atomic E-state index is 13.7. The number of nitrogens with one attached hydrogen (secondary N) is 2. The number of benzene rings is 3. The van der Waals surface area contributed by atoms with Gasteiger partial charge in [-0.2, -0.15) is 0 Å². The van der Waals surface area contributed by atoms with Crippen molar-refractivity contribution < 1.29 is 23.5 Å². The van der Waals surface area contributed by atoms with E-state index < -0.39 is 29.7 Å². The van der Waals surface area contributed by atoms with Crippen LogP contribution in [0.25, 0.3) is 0 Å². The van der Waals surface area contributed by atoms with Gasteiger partial charge in [0.15, 0.2) is 5.78 Å². The monoisotopic (exact) mass is 480 g/mol. The molecule has 3 aromatic carbocycles. The van der Waals surface area contributed by atoms with Crippen LogP contribution in [0.4, 0.5) is 8.78 Å².